The highest BCUT2D eigenvalue weighted by molar-refractivity contribution is 5.82. The van der Waals surface area contributed by atoms with E-state index >= 15 is 0 Å². The molecule has 1 aliphatic rings. The first-order chi connectivity index (χ1) is 9.65. The van der Waals surface area contributed by atoms with Crippen LogP contribution in [0.25, 0.3) is 0 Å². The quantitative estimate of drug-likeness (QED) is 0.573. The van der Waals surface area contributed by atoms with E-state index in [2.05, 4.69) is 15.4 Å². The zero-order valence-corrected chi connectivity index (χ0v) is 11.4. The lowest BCUT2D eigenvalue weighted by Gasteiger charge is -2.26. The average Bonchev–Trinajstić information content (AvgIpc) is 2.43. The summed E-state index contributed by atoms with van der Waals surface area (Å²) in [5.74, 6) is 0.288. The zero-order valence-electron chi connectivity index (χ0n) is 11.4. The number of hydrogen-bond donors (Lipinski definition) is 3. The second-order valence-electron chi connectivity index (χ2n) is 4.96. The van der Waals surface area contributed by atoms with E-state index in [0.29, 0.717) is 0 Å². The lowest BCUT2D eigenvalue weighted by atomic mass is 10.1. The van der Waals surface area contributed by atoms with Crippen LogP contribution >= 0.6 is 0 Å². The van der Waals surface area contributed by atoms with Gasteiger partial charge in [-0.3, -0.25) is 4.90 Å². The Morgan fingerprint density at radius 1 is 1.40 bits per heavy atom. The zero-order chi connectivity index (χ0) is 14.4. The van der Waals surface area contributed by atoms with Gasteiger partial charge in [0.2, 0.25) is 0 Å². The van der Waals surface area contributed by atoms with Gasteiger partial charge < -0.3 is 10.8 Å². The number of hydrazone groups is 1. The molecule has 2 amide bonds. The molecule has 0 aromatic heterocycles. The van der Waals surface area contributed by atoms with Crippen molar-refractivity contribution in [1.82, 2.24) is 10.3 Å². The summed E-state index contributed by atoms with van der Waals surface area (Å²) in [6, 6.07) is 4.55. The first-order valence-electron chi connectivity index (χ1n) is 6.78. The number of likely N-dealkylation sites (tertiary alicyclic amines) is 1. The SMILES string of the molecule is NC(=O)NN=Cc1ccc(O)c(CN2CCCCC2)c1. The Labute approximate surface area is 118 Å². The minimum atomic E-state index is -0.700. The summed E-state index contributed by atoms with van der Waals surface area (Å²) in [7, 11) is 0. The number of piperidine rings is 1. The Morgan fingerprint density at radius 3 is 2.85 bits per heavy atom. The predicted octanol–water partition coefficient (Wildman–Crippen LogP) is 1.38. The van der Waals surface area contributed by atoms with E-state index in [1.807, 2.05) is 6.07 Å². The smallest absolute Gasteiger partial charge is 0.332 e. The molecule has 0 aliphatic carbocycles. The third-order valence-corrected chi connectivity index (χ3v) is 3.33. The molecule has 0 spiro atoms. The number of carbonyl (C=O) groups excluding carboxylic acids is 1. The van der Waals surface area contributed by atoms with Gasteiger partial charge in [-0.2, -0.15) is 5.10 Å². The fraction of sp³-hybridized carbons (Fsp3) is 0.429. The van der Waals surface area contributed by atoms with Gasteiger partial charge in [0, 0.05) is 12.1 Å². The molecule has 0 bridgehead atoms. The number of aromatic hydroxyl groups is 1. The van der Waals surface area contributed by atoms with Crippen molar-refractivity contribution >= 4 is 12.2 Å². The van der Waals surface area contributed by atoms with Crippen molar-refractivity contribution in [3.63, 3.8) is 0 Å². The molecule has 0 unspecified atom stereocenters. The molecule has 108 valence electrons. The topological polar surface area (TPSA) is 91.0 Å². The van der Waals surface area contributed by atoms with E-state index in [4.69, 9.17) is 5.73 Å². The van der Waals surface area contributed by atoms with E-state index in [1.165, 1.54) is 25.5 Å². The summed E-state index contributed by atoms with van der Waals surface area (Å²) in [6.07, 6.45) is 5.22. The molecule has 0 radical (unpaired) electrons. The van der Waals surface area contributed by atoms with Crippen molar-refractivity contribution in [2.45, 2.75) is 25.8 Å². The number of benzene rings is 1. The van der Waals surface area contributed by atoms with E-state index < -0.39 is 6.03 Å². The molecule has 1 fully saturated rings. The van der Waals surface area contributed by atoms with E-state index in [1.54, 1.807) is 12.1 Å². The molecule has 1 aliphatic heterocycles. The molecule has 0 saturated carbocycles. The number of phenolic OH excluding ortho intramolecular Hbond substituents is 1. The van der Waals surface area contributed by atoms with Crippen molar-refractivity contribution < 1.29 is 9.90 Å². The standard InChI is InChI=1S/C14H20N4O2/c15-14(20)17-16-9-11-4-5-13(19)12(8-11)10-18-6-2-1-3-7-18/h4-5,8-9,19H,1-3,6-7,10H2,(H3,15,17,20). The lowest BCUT2D eigenvalue weighted by Crippen LogP contribution is -2.29. The maximum absolute atomic E-state index is 10.5. The Morgan fingerprint density at radius 2 is 2.15 bits per heavy atom. The van der Waals surface area contributed by atoms with Crippen LogP contribution in [0, 0.1) is 0 Å². The summed E-state index contributed by atoms with van der Waals surface area (Å²) in [5, 5.41) is 13.6. The molecule has 1 aromatic carbocycles. The van der Waals surface area contributed by atoms with Crippen LogP contribution < -0.4 is 11.2 Å². The summed E-state index contributed by atoms with van der Waals surface area (Å²) in [4.78, 5) is 12.9. The first kappa shape index (κ1) is 14.3. The minimum absolute atomic E-state index is 0.288. The highest BCUT2D eigenvalue weighted by Gasteiger charge is 2.12. The lowest BCUT2D eigenvalue weighted by molar-refractivity contribution is 0.218. The monoisotopic (exact) mass is 276 g/mol. The number of nitrogens with two attached hydrogens (primary N) is 1. The molecule has 2 rings (SSSR count). The van der Waals surface area contributed by atoms with Crippen LogP contribution in [0.4, 0.5) is 4.79 Å². The van der Waals surface area contributed by atoms with Crippen molar-refractivity contribution in [3.05, 3.63) is 29.3 Å². The molecule has 1 aromatic rings. The van der Waals surface area contributed by atoms with Crippen LogP contribution in [0.5, 0.6) is 5.75 Å². The normalized spacial score (nSPS) is 16.4. The number of amides is 2. The Balaban J connectivity index is 2.03. The minimum Gasteiger partial charge on any atom is -0.508 e. The van der Waals surface area contributed by atoms with Crippen LogP contribution in [0.2, 0.25) is 0 Å². The van der Waals surface area contributed by atoms with Gasteiger partial charge in [0.1, 0.15) is 5.75 Å². The van der Waals surface area contributed by atoms with Gasteiger partial charge in [-0.15, -0.1) is 0 Å². The van der Waals surface area contributed by atoms with Gasteiger partial charge in [-0.05, 0) is 49.7 Å². The predicted molar refractivity (Wildman–Crippen MR) is 77.5 cm³/mol. The number of carbonyl (C=O) groups is 1. The summed E-state index contributed by atoms with van der Waals surface area (Å²) >= 11 is 0. The van der Waals surface area contributed by atoms with Crippen molar-refractivity contribution in [1.29, 1.82) is 0 Å². The van der Waals surface area contributed by atoms with Gasteiger partial charge in [0.15, 0.2) is 0 Å². The third kappa shape index (κ3) is 4.24. The molecular weight excluding hydrogens is 256 g/mol. The van der Waals surface area contributed by atoms with Gasteiger partial charge in [-0.25, -0.2) is 10.2 Å². The third-order valence-electron chi connectivity index (χ3n) is 3.33. The fourth-order valence-corrected chi connectivity index (χ4v) is 2.34. The van der Waals surface area contributed by atoms with Crippen molar-refractivity contribution in [2.75, 3.05) is 13.1 Å². The Hall–Kier alpha value is -2.08. The number of nitrogens with one attached hydrogen (secondary N) is 1. The Kier molecular flexibility index (Phi) is 4.95. The number of urea groups is 1. The van der Waals surface area contributed by atoms with Crippen molar-refractivity contribution in [2.24, 2.45) is 10.8 Å². The highest BCUT2D eigenvalue weighted by atomic mass is 16.3. The maximum Gasteiger partial charge on any atom is 0.332 e. The largest absolute Gasteiger partial charge is 0.508 e. The van der Waals surface area contributed by atoms with Gasteiger partial charge in [-0.1, -0.05) is 6.42 Å². The van der Waals surface area contributed by atoms with Gasteiger partial charge >= 0.3 is 6.03 Å². The van der Waals surface area contributed by atoms with E-state index in [0.717, 1.165) is 30.8 Å². The highest BCUT2D eigenvalue weighted by Crippen LogP contribution is 2.21. The van der Waals surface area contributed by atoms with Crippen LogP contribution in [0.15, 0.2) is 23.3 Å². The van der Waals surface area contributed by atoms with Crippen molar-refractivity contribution in [3.8, 4) is 5.75 Å². The summed E-state index contributed by atoms with van der Waals surface area (Å²) in [5.41, 5.74) is 8.75. The molecule has 1 heterocycles. The number of phenols is 1. The molecule has 6 heteroatoms. The molecule has 4 N–H and O–H groups in total. The summed E-state index contributed by atoms with van der Waals surface area (Å²) in [6.45, 7) is 2.87. The molecule has 6 nitrogen and oxygen atoms in total. The fourth-order valence-electron chi connectivity index (χ4n) is 2.34. The molecular formula is C14H20N4O2. The number of hydrogen-bond acceptors (Lipinski definition) is 4. The number of primary amides is 1. The van der Waals surface area contributed by atoms with Crippen LogP contribution in [-0.2, 0) is 6.54 Å². The van der Waals surface area contributed by atoms with Gasteiger partial charge in [0.25, 0.3) is 0 Å². The number of rotatable bonds is 4. The summed E-state index contributed by atoms with van der Waals surface area (Å²) < 4.78 is 0. The second-order valence-corrected chi connectivity index (χ2v) is 4.96. The molecule has 0 atom stereocenters. The first-order valence-corrected chi connectivity index (χ1v) is 6.78. The molecule has 20 heavy (non-hydrogen) atoms. The Bertz CT molecular complexity index is 496. The maximum atomic E-state index is 10.5. The van der Waals surface area contributed by atoms with Crippen LogP contribution in [0.1, 0.15) is 30.4 Å². The van der Waals surface area contributed by atoms with Crippen LogP contribution in [-0.4, -0.2) is 35.3 Å². The van der Waals surface area contributed by atoms with Crippen LogP contribution in [0.3, 0.4) is 0 Å². The van der Waals surface area contributed by atoms with Gasteiger partial charge in [0.05, 0.1) is 6.21 Å². The van der Waals surface area contributed by atoms with E-state index in [9.17, 15) is 9.90 Å². The second kappa shape index (κ2) is 6.91. The molecule has 1 saturated heterocycles. The average molecular weight is 276 g/mol. The number of nitrogens with zero attached hydrogens (tertiary/aromatic N) is 2. The van der Waals surface area contributed by atoms with E-state index in [-0.39, 0.29) is 5.75 Å².